The van der Waals surface area contributed by atoms with E-state index in [1.165, 1.54) is 0 Å². The van der Waals surface area contributed by atoms with Crippen LogP contribution in [0.25, 0.3) is 5.69 Å². The van der Waals surface area contributed by atoms with Crippen molar-refractivity contribution in [1.82, 2.24) is 25.4 Å². The number of thiazole rings is 1. The van der Waals surface area contributed by atoms with Crippen molar-refractivity contribution < 1.29 is 0 Å². The summed E-state index contributed by atoms with van der Waals surface area (Å²) in [5, 5.41) is 14.4. The van der Waals surface area contributed by atoms with Crippen molar-refractivity contribution in [1.29, 1.82) is 0 Å². The van der Waals surface area contributed by atoms with Gasteiger partial charge in [-0.2, -0.15) is 5.10 Å². The van der Waals surface area contributed by atoms with Crippen molar-refractivity contribution in [3.63, 3.8) is 0 Å². The Kier molecular flexibility index (Phi) is 8.43. The minimum absolute atomic E-state index is 0. The third-order valence-corrected chi connectivity index (χ3v) is 5.07. The molecule has 150 valence electrons. The predicted molar refractivity (Wildman–Crippen MR) is 127 cm³/mol. The summed E-state index contributed by atoms with van der Waals surface area (Å²) in [6.07, 6.45) is 1.98. The van der Waals surface area contributed by atoms with Crippen molar-refractivity contribution in [2.75, 3.05) is 7.05 Å². The molecule has 0 amide bonds. The van der Waals surface area contributed by atoms with E-state index in [2.05, 4.69) is 57.1 Å². The topological polar surface area (TPSA) is 67.1 Å². The van der Waals surface area contributed by atoms with E-state index in [-0.39, 0.29) is 24.0 Å². The van der Waals surface area contributed by atoms with Crippen LogP contribution in [0.5, 0.6) is 0 Å². The molecule has 0 aliphatic heterocycles. The van der Waals surface area contributed by atoms with Crippen molar-refractivity contribution in [2.24, 2.45) is 4.99 Å². The van der Waals surface area contributed by atoms with Crippen molar-refractivity contribution in [2.45, 2.75) is 39.8 Å². The molecule has 0 saturated carbocycles. The highest BCUT2D eigenvalue weighted by atomic mass is 127. The molecule has 1 aromatic carbocycles. The maximum atomic E-state index is 4.65. The van der Waals surface area contributed by atoms with Gasteiger partial charge in [-0.1, -0.05) is 32.0 Å². The van der Waals surface area contributed by atoms with E-state index in [1.807, 2.05) is 36.0 Å². The highest BCUT2D eigenvalue weighted by Crippen LogP contribution is 2.17. The minimum atomic E-state index is 0. The maximum absolute atomic E-state index is 4.65. The molecule has 3 aromatic rings. The second-order valence-corrected chi connectivity index (χ2v) is 7.57. The molecular formula is C20H27IN6S. The lowest BCUT2D eigenvalue weighted by Gasteiger charge is -2.14. The fourth-order valence-electron chi connectivity index (χ4n) is 2.66. The summed E-state index contributed by atoms with van der Waals surface area (Å²) in [7, 11) is 1.78. The molecule has 2 N–H and O–H groups in total. The van der Waals surface area contributed by atoms with E-state index in [4.69, 9.17) is 0 Å². The van der Waals surface area contributed by atoms with Crippen LogP contribution in [0.15, 0.2) is 46.9 Å². The monoisotopic (exact) mass is 510 g/mol. The molecule has 0 unspecified atom stereocenters. The number of aromatic nitrogens is 3. The number of aliphatic imine (C=N–C) groups is 1. The molecule has 28 heavy (non-hydrogen) atoms. The number of para-hydroxylation sites is 1. The standard InChI is InChI=1S/C20H26N6S.HI/c1-14(2)17-13-27-19(24-17)12-23-20(21-4)22-11-16-7-5-6-8-18(16)26-10-9-15(3)25-26;/h5-10,13-14H,11-12H2,1-4H3,(H2,21,22,23);1H. The SMILES string of the molecule is CN=C(NCc1nc(C(C)C)cs1)NCc1ccccc1-n1ccc(C)n1.I. The number of nitrogens with one attached hydrogen (secondary N) is 2. The Bertz CT molecular complexity index is 915. The van der Waals surface area contributed by atoms with E-state index < -0.39 is 0 Å². The summed E-state index contributed by atoms with van der Waals surface area (Å²) < 4.78 is 1.91. The van der Waals surface area contributed by atoms with Crippen LogP contribution in [0.4, 0.5) is 0 Å². The highest BCUT2D eigenvalue weighted by molar-refractivity contribution is 14.0. The fourth-order valence-corrected chi connectivity index (χ4v) is 3.56. The van der Waals surface area contributed by atoms with E-state index in [1.54, 1.807) is 18.4 Å². The first kappa shape index (κ1) is 22.4. The lowest BCUT2D eigenvalue weighted by molar-refractivity contribution is 0.776. The molecule has 2 heterocycles. The van der Waals surface area contributed by atoms with Crippen LogP contribution in [0, 0.1) is 6.92 Å². The molecule has 0 aliphatic rings. The largest absolute Gasteiger partial charge is 0.352 e. The minimum Gasteiger partial charge on any atom is -0.352 e. The lowest BCUT2D eigenvalue weighted by Crippen LogP contribution is -2.36. The predicted octanol–water partition coefficient (Wildman–Crippen LogP) is 4.24. The Morgan fingerprint density at radius 1 is 1.18 bits per heavy atom. The van der Waals surface area contributed by atoms with Crippen LogP contribution in [0.2, 0.25) is 0 Å². The molecule has 6 nitrogen and oxygen atoms in total. The molecular weight excluding hydrogens is 483 g/mol. The van der Waals surface area contributed by atoms with Crippen molar-refractivity contribution in [3.8, 4) is 5.69 Å². The van der Waals surface area contributed by atoms with Gasteiger partial charge in [0.15, 0.2) is 5.96 Å². The van der Waals surface area contributed by atoms with Gasteiger partial charge >= 0.3 is 0 Å². The van der Waals surface area contributed by atoms with Crippen LogP contribution < -0.4 is 10.6 Å². The van der Waals surface area contributed by atoms with Gasteiger partial charge < -0.3 is 10.6 Å². The van der Waals surface area contributed by atoms with Crippen molar-refractivity contribution >= 4 is 41.3 Å². The van der Waals surface area contributed by atoms with Gasteiger partial charge in [-0.3, -0.25) is 4.99 Å². The van der Waals surface area contributed by atoms with E-state index in [0.29, 0.717) is 19.0 Å². The molecule has 8 heteroatoms. The smallest absolute Gasteiger partial charge is 0.191 e. The zero-order valence-electron chi connectivity index (χ0n) is 16.6. The molecule has 0 fully saturated rings. The molecule has 0 radical (unpaired) electrons. The Morgan fingerprint density at radius 3 is 2.57 bits per heavy atom. The highest BCUT2D eigenvalue weighted by Gasteiger charge is 2.08. The zero-order valence-corrected chi connectivity index (χ0v) is 19.8. The Balaban J connectivity index is 0.00000280. The summed E-state index contributed by atoms with van der Waals surface area (Å²) in [6, 6.07) is 10.2. The van der Waals surface area contributed by atoms with Crippen LogP contribution in [-0.2, 0) is 13.1 Å². The third-order valence-electron chi connectivity index (χ3n) is 4.20. The van der Waals surface area contributed by atoms with Gasteiger partial charge in [0.25, 0.3) is 0 Å². The summed E-state index contributed by atoms with van der Waals surface area (Å²) >= 11 is 1.68. The molecule has 0 saturated heterocycles. The van der Waals surface area contributed by atoms with Crippen molar-refractivity contribution in [3.05, 3.63) is 63.9 Å². The van der Waals surface area contributed by atoms with Gasteiger partial charge in [-0.15, -0.1) is 35.3 Å². The molecule has 2 aromatic heterocycles. The molecule has 0 aliphatic carbocycles. The molecule has 0 spiro atoms. The number of halogens is 1. The fraction of sp³-hybridized carbons (Fsp3) is 0.350. The number of rotatable bonds is 6. The summed E-state index contributed by atoms with van der Waals surface area (Å²) in [5.41, 5.74) is 4.36. The van der Waals surface area contributed by atoms with Gasteiger partial charge in [0.05, 0.1) is 23.6 Å². The average Bonchev–Trinajstić information content (AvgIpc) is 3.31. The van der Waals surface area contributed by atoms with Gasteiger partial charge in [-0.25, -0.2) is 9.67 Å². The van der Waals surface area contributed by atoms with Crippen LogP contribution >= 0.6 is 35.3 Å². The second-order valence-electron chi connectivity index (χ2n) is 6.63. The summed E-state index contributed by atoms with van der Waals surface area (Å²) in [4.78, 5) is 8.97. The third kappa shape index (κ3) is 5.78. The number of nitrogens with zero attached hydrogens (tertiary/aromatic N) is 4. The van der Waals surface area contributed by atoms with Crippen LogP contribution in [0.1, 0.15) is 41.7 Å². The molecule has 0 atom stereocenters. The van der Waals surface area contributed by atoms with Gasteiger partial charge in [-0.05, 0) is 30.5 Å². The van der Waals surface area contributed by atoms with E-state index in [0.717, 1.165) is 33.6 Å². The number of benzene rings is 1. The second kappa shape index (κ2) is 10.6. The summed E-state index contributed by atoms with van der Waals surface area (Å²) in [5.74, 6) is 1.21. The Labute approximate surface area is 187 Å². The zero-order chi connectivity index (χ0) is 19.2. The quantitative estimate of drug-likeness (QED) is 0.296. The number of aryl methyl sites for hydroxylation is 1. The number of hydrogen-bond acceptors (Lipinski definition) is 4. The number of guanidine groups is 1. The number of hydrogen-bond donors (Lipinski definition) is 2. The Morgan fingerprint density at radius 2 is 1.93 bits per heavy atom. The first-order chi connectivity index (χ1) is 13.1. The summed E-state index contributed by atoms with van der Waals surface area (Å²) in [6.45, 7) is 7.63. The van der Waals surface area contributed by atoms with E-state index in [9.17, 15) is 0 Å². The molecule has 3 rings (SSSR count). The van der Waals surface area contributed by atoms with E-state index >= 15 is 0 Å². The first-order valence-electron chi connectivity index (χ1n) is 9.06. The van der Waals surface area contributed by atoms with Gasteiger partial charge in [0.2, 0.25) is 0 Å². The lowest BCUT2D eigenvalue weighted by atomic mass is 10.2. The van der Waals surface area contributed by atoms with Crippen LogP contribution in [-0.4, -0.2) is 27.8 Å². The normalized spacial score (nSPS) is 11.4. The van der Waals surface area contributed by atoms with Crippen LogP contribution in [0.3, 0.4) is 0 Å². The first-order valence-corrected chi connectivity index (χ1v) is 9.94. The average molecular weight is 510 g/mol. The Hall–Kier alpha value is -1.94. The molecule has 0 bridgehead atoms. The van der Waals surface area contributed by atoms with Gasteiger partial charge in [0.1, 0.15) is 5.01 Å². The van der Waals surface area contributed by atoms with Gasteiger partial charge in [0, 0.05) is 25.2 Å². The maximum Gasteiger partial charge on any atom is 0.191 e.